The fourth-order valence-electron chi connectivity index (χ4n) is 3.21. The van der Waals surface area contributed by atoms with Crippen molar-refractivity contribution in [3.8, 4) is 0 Å². The van der Waals surface area contributed by atoms with Gasteiger partial charge in [-0.1, -0.05) is 18.2 Å². The number of aryl methyl sites for hydroxylation is 1. The number of aromatic amines is 1. The molecule has 4 nitrogen and oxygen atoms in total. The van der Waals surface area contributed by atoms with Crippen LogP contribution in [0.1, 0.15) is 16.0 Å². The molecule has 152 valence electrons. The highest BCUT2D eigenvalue weighted by Gasteiger charge is 2.15. The Balaban J connectivity index is 1.62. The summed E-state index contributed by atoms with van der Waals surface area (Å²) >= 11 is 7.26. The molecule has 2 heterocycles. The number of thiophene rings is 1. The fraction of sp³-hybridized carbons (Fsp3) is 0.130. The summed E-state index contributed by atoms with van der Waals surface area (Å²) in [4.78, 5) is 18.8. The van der Waals surface area contributed by atoms with Gasteiger partial charge in [-0.2, -0.15) is 0 Å². The molecule has 0 spiro atoms. The van der Waals surface area contributed by atoms with Crippen LogP contribution in [0.3, 0.4) is 0 Å². The lowest BCUT2D eigenvalue weighted by molar-refractivity contribution is 0.415. The molecule has 0 fully saturated rings. The van der Waals surface area contributed by atoms with Crippen molar-refractivity contribution in [2.75, 3.05) is 5.32 Å². The second kappa shape index (κ2) is 8.77. The molecule has 0 atom stereocenters. The molecule has 0 unspecified atom stereocenters. The summed E-state index contributed by atoms with van der Waals surface area (Å²) < 4.78 is 13.2. The van der Waals surface area contributed by atoms with Gasteiger partial charge < -0.3 is 15.2 Å². The van der Waals surface area contributed by atoms with Crippen molar-refractivity contribution in [2.45, 2.75) is 20.0 Å². The van der Waals surface area contributed by atoms with Crippen LogP contribution in [0.2, 0.25) is 0 Å². The minimum Gasteiger partial charge on any atom is -0.339 e. The molecule has 0 aliphatic rings. The summed E-state index contributed by atoms with van der Waals surface area (Å²) in [6, 6.07) is 17.9. The van der Waals surface area contributed by atoms with Crippen molar-refractivity contribution in [2.24, 2.45) is 0 Å². The maximum atomic E-state index is 13.2. The predicted octanol–water partition coefficient (Wildman–Crippen LogP) is 5.44. The van der Waals surface area contributed by atoms with Crippen LogP contribution in [0.4, 0.5) is 10.1 Å². The summed E-state index contributed by atoms with van der Waals surface area (Å²) in [5.41, 5.74) is 3.11. The normalized spacial score (nSPS) is 10.9. The van der Waals surface area contributed by atoms with E-state index in [0.29, 0.717) is 29.5 Å². The van der Waals surface area contributed by atoms with E-state index in [4.69, 9.17) is 12.2 Å². The van der Waals surface area contributed by atoms with Crippen LogP contribution >= 0.6 is 23.6 Å². The molecular weight excluding hydrogens is 417 g/mol. The van der Waals surface area contributed by atoms with Crippen molar-refractivity contribution in [1.82, 2.24) is 9.88 Å². The molecule has 4 rings (SSSR count). The average molecular weight is 438 g/mol. The minimum atomic E-state index is -0.306. The van der Waals surface area contributed by atoms with Crippen LogP contribution in [0.15, 0.2) is 70.8 Å². The van der Waals surface area contributed by atoms with E-state index in [2.05, 4.69) is 10.3 Å². The number of fused-ring (bicyclic) bond motifs is 1. The maximum absolute atomic E-state index is 13.2. The van der Waals surface area contributed by atoms with E-state index in [1.807, 2.05) is 53.6 Å². The smallest absolute Gasteiger partial charge is 0.253 e. The highest BCUT2D eigenvalue weighted by atomic mass is 32.1. The molecule has 0 aliphatic heterocycles. The zero-order valence-corrected chi connectivity index (χ0v) is 17.9. The van der Waals surface area contributed by atoms with Crippen LogP contribution in [0.25, 0.3) is 10.9 Å². The molecule has 7 heteroatoms. The number of H-pyrrole nitrogens is 1. The summed E-state index contributed by atoms with van der Waals surface area (Å²) in [6.45, 7) is 2.91. The van der Waals surface area contributed by atoms with Gasteiger partial charge in [-0.15, -0.1) is 11.3 Å². The number of halogens is 1. The molecule has 0 amide bonds. The standard InChI is InChI=1S/C23H20FN3OS2/c1-15-4-5-16-12-17(22(28)26-21(16)11-15)13-27(14-20-3-2-10-30-20)23(29)25-19-8-6-18(24)7-9-19/h2-12H,13-14H2,1H3,(H,25,29)(H,26,28). The number of nitrogens with one attached hydrogen (secondary N) is 2. The Hall–Kier alpha value is -3.03. The highest BCUT2D eigenvalue weighted by Crippen LogP contribution is 2.18. The number of benzene rings is 2. The first-order chi connectivity index (χ1) is 14.5. The number of rotatable bonds is 5. The molecule has 4 aromatic rings. The quantitative estimate of drug-likeness (QED) is 0.409. The van der Waals surface area contributed by atoms with Gasteiger partial charge in [0.1, 0.15) is 5.82 Å². The van der Waals surface area contributed by atoms with E-state index < -0.39 is 0 Å². The Labute approximate surface area is 183 Å². The minimum absolute atomic E-state index is 0.131. The first-order valence-electron chi connectivity index (χ1n) is 9.44. The van der Waals surface area contributed by atoms with E-state index in [1.165, 1.54) is 12.1 Å². The number of pyridine rings is 1. The Morgan fingerprint density at radius 1 is 1.13 bits per heavy atom. The van der Waals surface area contributed by atoms with Crippen molar-refractivity contribution in [3.05, 3.63) is 98.2 Å². The monoisotopic (exact) mass is 437 g/mol. The van der Waals surface area contributed by atoms with Gasteiger partial charge in [-0.05, 0) is 77.9 Å². The molecule has 2 N–H and O–H groups in total. The van der Waals surface area contributed by atoms with E-state index in [9.17, 15) is 9.18 Å². The largest absolute Gasteiger partial charge is 0.339 e. The number of thiocarbonyl (C=S) groups is 1. The summed E-state index contributed by atoms with van der Waals surface area (Å²) in [5, 5.41) is 6.60. The van der Waals surface area contributed by atoms with Gasteiger partial charge in [0.2, 0.25) is 0 Å². The summed E-state index contributed by atoms with van der Waals surface area (Å²) in [6.07, 6.45) is 0. The van der Waals surface area contributed by atoms with Gasteiger partial charge >= 0.3 is 0 Å². The molecule has 2 aromatic carbocycles. The lowest BCUT2D eigenvalue weighted by Gasteiger charge is -2.25. The van der Waals surface area contributed by atoms with E-state index >= 15 is 0 Å². The third kappa shape index (κ3) is 4.75. The second-order valence-electron chi connectivity index (χ2n) is 7.09. The second-order valence-corrected chi connectivity index (χ2v) is 8.51. The van der Waals surface area contributed by atoms with Crippen molar-refractivity contribution in [3.63, 3.8) is 0 Å². The van der Waals surface area contributed by atoms with Crippen LogP contribution in [0.5, 0.6) is 0 Å². The van der Waals surface area contributed by atoms with Gasteiger partial charge in [-0.25, -0.2) is 4.39 Å². The predicted molar refractivity (Wildman–Crippen MR) is 125 cm³/mol. The first-order valence-corrected chi connectivity index (χ1v) is 10.7. The number of hydrogen-bond acceptors (Lipinski definition) is 3. The van der Waals surface area contributed by atoms with E-state index in [0.717, 1.165) is 21.3 Å². The van der Waals surface area contributed by atoms with Crippen LogP contribution in [-0.2, 0) is 13.1 Å². The third-order valence-electron chi connectivity index (χ3n) is 4.75. The Morgan fingerprint density at radius 3 is 2.67 bits per heavy atom. The topological polar surface area (TPSA) is 48.1 Å². The summed E-state index contributed by atoms with van der Waals surface area (Å²) in [5.74, 6) is -0.306. The maximum Gasteiger partial charge on any atom is 0.253 e. The molecule has 30 heavy (non-hydrogen) atoms. The van der Waals surface area contributed by atoms with E-state index in [1.54, 1.807) is 23.5 Å². The van der Waals surface area contributed by atoms with Crippen molar-refractivity contribution < 1.29 is 4.39 Å². The SMILES string of the molecule is Cc1ccc2cc(CN(Cc3cccs3)C(=S)Nc3ccc(F)cc3)c(=O)[nH]c2c1. The Kier molecular flexibility index (Phi) is 5.92. The third-order valence-corrected chi connectivity index (χ3v) is 5.97. The highest BCUT2D eigenvalue weighted by molar-refractivity contribution is 7.80. The number of anilines is 1. The molecular formula is C23H20FN3OS2. The fourth-order valence-corrected chi connectivity index (χ4v) is 4.18. The Morgan fingerprint density at radius 2 is 1.93 bits per heavy atom. The lowest BCUT2D eigenvalue weighted by atomic mass is 10.1. The van der Waals surface area contributed by atoms with Gasteiger partial charge in [0.25, 0.3) is 5.56 Å². The van der Waals surface area contributed by atoms with Gasteiger partial charge in [0.15, 0.2) is 5.11 Å². The number of aromatic nitrogens is 1. The van der Waals surface area contributed by atoms with E-state index in [-0.39, 0.29) is 11.4 Å². The van der Waals surface area contributed by atoms with Crippen LogP contribution < -0.4 is 10.9 Å². The number of nitrogens with zero attached hydrogens (tertiary/aromatic N) is 1. The average Bonchev–Trinajstić information content (AvgIpc) is 3.23. The van der Waals surface area contributed by atoms with Gasteiger partial charge in [0, 0.05) is 21.6 Å². The van der Waals surface area contributed by atoms with Gasteiger partial charge in [-0.3, -0.25) is 4.79 Å². The molecule has 0 radical (unpaired) electrons. The zero-order valence-electron chi connectivity index (χ0n) is 16.3. The lowest BCUT2D eigenvalue weighted by Crippen LogP contribution is -2.35. The first kappa shape index (κ1) is 20.3. The molecule has 0 saturated carbocycles. The van der Waals surface area contributed by atoms with Crippen LogP contribution in [-0.4, -0.2) is 15.0 Å². The van der Waals surface area contributed by atoms with Crippen molar-refractivity contribution >= 4 is 45.3 Å². The molecule has 0 saturated heterocycles. The van der Waals surface area contributed by atoms with Crippen molar-refractivity contribution in [1.29, 1.82) is 0 Å². The van der Waals surface area contributed by atoms with Gasteiger partial charge in [0.05, 0.1) is 13.1 Å². The molecule has 2 aromatic heterocycles. The van der Waals surface area contributed by atoms with Crippen LogP contribution in [0, 0.1) is 12.7 Å². The molecule has 0 bridgehead atoms. The number of hydrogen-bond donors (Lipinski definition) is 2. The molecule has 0 aliphatic carbocycles. The summed E-state index contributed by atoms with van der Waals surface area (Å²) in [7, 11) is 0. The zero-order chi connectivity index (χ0) is 21.1. The Bertz CT molecular complexity index is 1230.